The third-order valence-electron chi connectivity index (χ3n) is 3.20. The van der Waals surface area contributed by atoms with Gasteiger partial charge in [-0.25, -0.2) is 4.68 Å². The van der Waals surface area contributed by atoms with Crippen LogP contribution in [0.1, 0.15) is 5.56 Å². The smallest absolute Gasteiger partial charge is 0.125 e. The number of phenolic OH excluding ortho intramolecular Hbond substituents is 1. The minimum Gasteiger partial charge on any atom is -0.507 e. The average molecular weight is 285 g/mol. The van der Waals surface area contributed by atoms with Crippen LogP contribution in [0.4, 0.5) is 0 Å². The molecule has 3 rings (SSSR count). The molecule has 0 amide bonds. The lowest BCUT2D eigenvalue weighted by Crippen LogP contribution is -1.98. The van der Waals surface area contributed by atoms with Gasteiger partial charge in [0.1, 0.15) is 5.75 Å². The number of benzene rings is 2. The summed E-state index contributed by atoms with van der Waals surface area (Å²) < 4.78 is 1.78. The molecular formula is C16H13ClN2O. The summed E-state index contributed by atoms with van der Waals surface area (Å²) in [5.41, 5.74) is 3.25. The van der Waals surface area contributed by atoms with Crippen LogP contribution < -0.4 is 0 Å². The number of hydrogen-bond donors (Lipinski definition) is 1. The maximum absolute atomic E-state index is 10.2. The van der Waals surface area contributed by atoms with E-state index in [9.17, 15) is 5.11 Å². The highest BCUT2D eigenvalue weighted by atomic mass is 35.5. The Kier molecular flexibility index (Phi) is 3.20. The molecule has 0 saturated carbocycles. The van der Waals surface area contributed by atoms with Crippen molar-refractivity contribution in [3.63, 3.8) is 0 Å². The fourth-order valence-electron chi connectivity index (χ4n) is 2.15. The van der Waals surface area contributed by atoms with Crippen molar-refractivity contribution in [2.24, 2.45) is 0 Å². The number of aromatic hydroxyl groups is 1. The van der Waals surface area contributed by atoms with Crippen LogP contribution in [0, 0.1) is 6.92 Å². The second-order valence-corrected chi connectivity index (χ2v) is 4.99. The van der Waals surface area contributed by atoms with Crippen molar-refractivity contribution in [2.45, 2.75) is 6.92 Å². The lowest BCUT2D eigenvalue weighted by Gasteiger charge is -2.10. The lowest BCUT2D eigenvalue weighted by molar-refractivity contribution is 0.476. The highest BCUT2D eigenvalue weighted by Gasteiger charge is 2.13. The van der Waals surface area contributed by atoms with E-state index < -0.39 is 0 Å². The molecule has 1 heterocycles. The number of nitrogens with zero attached hydrogens (tertiary/aromatic N) is 2. The van der Waals surface area contributed by atoms with Crippen LogP contribution in [-0.4, -0.2) is 14.9 Å². The molecule has 0 atom stereocenters. The van der Waals surface area contributed by atoms with E-state index in [2.05, 4.69) is 5.10 Å². The molecule has 0 fully saturated rings. The molecule has 0 unspecified atom stereocenters. The van der Waals surface area contributed by atoms with Gasteiger partial charge in [-0.3, -0.25) is 0 Å². The zero-order chi connectivity index (χ0) is 14.1. The topological polar surface area (TPSA) is 38.1 Å². The fourth-order valence-corrected chi connectivity index (χ4v) is 2.32. The fraction of sp³-hybridized carbons (Fsp3) is 0.0625. The molecule has 100 valence electrons. The van der Waals surface area contributed by atoms with E-state index in [1.54, 1.807) is 23.0 Å². The SMILES string of the molecule is Cc1cc(O)c(-c2ccnn2-c2ccccc2)cc1Cl. The second-order valence-electron chi connectivity index (χ2n) is 4.58. The van der Waals surface area contributed by atoms with Crippen LogP contribution in [-0.2, 0) is 0 Å². The van der Waals surface area contributed by atoms with E-state index in [0.29, 0.717) is 10.6 Å². The van der Waals surface area contributed by atoms with Gasteiger partial charge in [0, 0.05) is 10.6 Å². The van der Waals surface area contributed by atoms with Crippen molar-refractivity contribution in [1.82, 2.24) is 9.78 Å². The molecule has 0 bridgehead atoms. The Morgan fingerprint density at radius 1 is 1.10 bits per heavy atom. The largest absolute Gasteiger partial charge is 0.507 e. The zero-order valence-electron chi connectivity index (χ0n) is 10.9. The second kappa shape index (κ2) is 5.02. The van der Waals surface area contributed by atoms with Crippen molar-refractivity contribution in [2.75, 3.05) is 0 Å². The van der Waals surface area contributed by atoms with Gasteiger partial charge >= 0.3 is 0 Å². The monoisotopic (exact) mass is 284 g/mol. The Hall–Kier alpha value is -2.26. The molecule has 1 aromatic heterocycles. The van der Waals surface area contributed by atoms with E-state index in [-0.39, 0.29) is 5.75 Å². The van der Waals surface area contributed by atoms with Crippen LogP contribution in [0.5, 0.6) is 5.75 Å². The molecule has 0 spiro atoms. The number of phenols is 1. The quantitative estimate of drug-likeness (QED) is 0.765. The van der Waals surface area contributed by atoms with Crippen molar-refractivity contribution in [3.05, 3.63) is 65.3 Å². The van der Waals surface area contributed by atoms with Crippen LogP contribution in [0.15, 0.2) is 54.7 Å². The van der Waals surface area contributed by atoms with Gasteiger partial charge in [-0.2, -0.15) is 5.10 Å². The summed E-state index contributed by atoms with van der Waals surface area (Å²) in [6, 6.07) is 15.1. The lowest BCUT2D eigenvalue weighted by atomic mass is 10.1. The molecule has 4 heteroatoms. The Balaban J connectivity index is 2.18. The van der Waals surface area contributed by atoms with Gasteiger partial charge < -0.3 is 5.11 Å². The first-order valence-electron chi connectivity index (χ1n) is 6.26. The molecule has 0 radical (unpaired) electrons. The summed E-state index contributed by atoms with van der Waals surface area (Å²) in [4.78, 5) is 0. The molecule has 20 heavy (non-hydrogen) atoms. The number of aryl methyl sites for hydroxylation is 1. The van der Waals surface area contributed by atoms with Gasteiger partial charge in [0.2, 0.25) is 0 Å². The standard InChI is InChI=1S/C16H13ClN2O/c1-11-9-16(20)13(10-14(11)17)15-7-8-18-19(15)12-5-3-2-4-6-12/h2-10,20H,1H3. The number of hydrogen-bond acceptors (Lipinski definition) is 2. The molecule has 2 aromatic carbocycles. The number of aromatic nitrogens is 2. The van der Waals surface area contributed by atoms with E-state index in [1.807, 2.05) is 43.3 Å². The molecule has 3 nitrogen and oxygen atoms in total. The Morgan fingerprint density at radius 3 is 2.60 bits per heavy atom. The van der Waals surface area contributed by atoms with Crippen molar-refractivity contribution >= 4 is 11.6 Å². The van der Waals surface area contributed by atoms with Gasteiger partial charge in [0.25, 0.3) is 0 Å². The molecule has 0 aliphatic heterocycles. The summed E-state index contributed by atoms with van der Waals surface area (Å²) in [5, 5.41) is 15.1. The predicted molar refractivity (Wildman–Crippen MR) is 80.4 cm³/mol. The van der Waals surface area contributed by atoms with Crippen molar-refractivity contribution in [1.29, 1.82) is 0 Å². The van der Waals surface area contributed by atoms with E-state index in [4.69, 9.17) is 11.6 Å². The summed E-state index contributed by atoms with van der Waals surface area (Å²) in [6.45, 7) is 1.86. The highest BCUT2D eigenvalue weighted by Crippen LogP contribution is 2.34. The molecule has 0 aliphatic rings. The first-order chi connectivity index (χ1) is 9.66. The van der Waals surface area contributed by atoms with Crippen molar-refractivity contribution in [3.8, 4) is 22.7 Å². The molecule has 1 N–H and O–H groups in total. The molecule has 0 saturated heterocycles. The summed E-state index contributed by atoms with van der Waals surface area (Å²) in [5.74, 6) is 0.199. The number of para-hydroxylation sites is 1. The Bertz CT molecular complexity index is 750. The first-order valence-corrected chi connectivity index (χ1v) is 6.63. The summed E-state index contributed by atoms with van der Waals surface area (Å²) in [6.07, 6.45) is 1.70. The van der Waals surface area contributed by atoms with E-state index in [1.165, 1.54) is 0 Å². The van der Waals surface area contributed by atoms with Crippen LogP contribution in [0.3, 0.4) is 0 Å². The minimum absolute atomic E-state index is 0.199. The zero-order valence-corrected chi connectivity index (χ0v) is 11.7. The third-order valence-corrected chi connectivity index (χ3v) is 3.60. The number of rotatable bonds is 2. The van der Waals surface area contributed by atoms with Crippen LogP contribution >= 0.6 is 11.6 Å². The van der Waals surface area contributed by atoms with Gasteiger partial charge in [0.15, 0.2) is 0 Å². The summed E-state index contributed by atoms with van der Waals surface area (Å²) in [7, 11) is 0. The first kappa shape index (κ1) is 12.8. The Morgan fingerprint density at radius 2 is 1.85 bits per heavy atom. The average Bonchev–Trinajstić information content (AvgIpc) is 2.93. The highest BCUT2D eigenvalue weighted by molar-refractivity contribution is 6.31. The van der Waals surface area contributed by atoms with E-state index in [0.717, 1.165) is 16.9 Å². The maximum atomic E-state index is 10.2. The molecule has 0 aliphatic carbocycles. The van der Waals surface area contributed by atoms with E-state index >= 15 is 0 Å². The molecule has 3 aromatic rings. The minimum atomic E-state index is 0.199. The third kappa shape index (κ3) is 2.17. The maximum Gasteiger partial charge on any atom is 0.125 e. The Labute approximate surface area is 122 Å². The number of halogens is 1. The molecular weight excluding hydrogens is 272 g/mol. The van der Waals surface area contributed by atoms with Crippen molar-refractivity contribution < 1.29 is 5.11 Å². The van der Waals surface area contributed by atoms with Gasteiger partial charge in [-0.1, -0.05) is 29.8 Å². The predicted octanol–water partition coefficient (Wildman–Crippen LogP) is 4.21. The van der Waals surface area contributed by atoms with Gasteiger partial charge in [-0.05, 0) is 42.8 Å². The van der Waals surface area contributed by atoms with Gasteiger partial charge in [0.05, 0.1) is 17.6 Å². The summed E-state index contributed by atoms with van der Waals surface area (Å²) >= 11 is 6.16. The van der Waals surface area contributed by atoms with Crippen LogP contribution in [0.25, 0.3) is 16.9 Å². The van der Waals surface area contributed by atoms with Gasteiger partial charge in [-0.15, -0.1) is 0 Å². The van der Waals surface area contributed by atoms with Crippen LogP contribution in [0.2, 0.25) is 5.02 Å². The normalized spacial score (nSPS) is 10.7.